The molecule has 72 valence electrons. The lowest BCUT2D eigenvalue weighted by molar-refractivity contribution is 0.0691. The fraction of sp³-hybridized carbons (Fsp3) is 0. The molecule has 2 heterocycles. The summed E-state index contributed by atoms with van der Waals surface area (Å²) < 4.78 is 5.56. The molecule has 2 aromatic rings. The molecule has 0 radical (unpaired) electrons. The van der Waals surface area contributed by atoms with Crippen molar-refractivity contribution in [3.05, 3.63) is 28.6 Å². The maximum atomic E-state index is 10.7. The Kier molecular flexibility index (Phi) is 2.26. The van der Waals surface area contributed by atoms with Crippen molar-refractivity contribution in [1.29, 1.82) is 0 Å². The fourth-order valence-electron chi connectivity index (χ4n) is 1.01. The number of halogens is 1. The molecule has 2 rings (SSSR count). The lowest BCUT2D eigenvalue weighted by Crippen LogP contribution is -1.97. The van der Waals surface area contributed by atoms with Crippen LogP contribution in [0.5, 0.6) is 0 Å². The van der Waals surface area contributed by atoms with Gasteiger partial charge in [-0.15, -0.1) is 11.3 Å². The largest absolute Gasteiger partial charge is 0.476 e. The summed E-state index contributed by atoms with van der Waals surface area (Å²) in [5.41, 5.74) is -0.0940. The van der Waals surface area contributed by atoms with E-state index in [0.717, 1.165) is 6.39 Å². The molecule has 0 amide bonds. The van der Waals surface area contributed by atoms with E-state index in [1.165, 1.54) is 11.3 Å². The van der Waals surface area contributed by atoms with Crippen LogP contribution in [0.15, 0.2) is 22.9 Å². The molecule has 0 bridgehead atoms. The van der Waals surface area contributed by atoms with Gasteiger partial charge >= 0.3 is 5.97 Å². The minimum absolute atomic E-state index is 0.0940. The van der Waals surface area contributed by atoms with Crippen LogP contribution in [0.4, 0.5) is 0 Å². The van der Waals surface area contributed by atoms with E-state index in [1.807, 2.05) is 0 Å². The molecule has 0 saturated heterocycles. The Hall–Kier alpha value is -1.33. The van der Waals surface area contributed by atoms with Crippen molar-refractivity contribution in [2.75, 3.05) is 0 Å². The minimum atomic E-state index is -1.11. The number of rotatable bonds is 2. The van der Waals surface area contributed by atoms with Crippen molar-refractivity contribution in [1.82, 2.24) is 4.98 Å². The number of thiophene rings is 1. The van der Waals surface area contributed by atoms with Crippen molar-refractivity contribution in [2.24, 2.45) is 0 Å². The number of carbonyl (C=O) groups is 1. The molecule has 0 aliphatic rings. The van der Waals surface area contributed by atoms with Gasteiger partial charge in [0.2, 0.25) is 0 Å². The Balaban J connectivity index is 2.51. The van der Waals surface area contributed by atoms with Gasteiger partial charge in [0.1, 0.15) is 0 Å². The van der Waals surface area contributed by atoms with E-state index >= 15 is 0 Å². The molecular formula is C8H4ClNO3S. The van der Waals surface area contributed by atoms with Crippen LogP contribution in [0.25, 0.3) is 10.6 Å². The Morgan fingerprint density at radius 3 is 2.93 bits per heavy atom. The number of carboxylic acid groups (broad SMARTS) is 1. The molecule has 0 fully saturated rings. The second-order valence-corrected chi connectivity index (χ2v) is 4.15. The van der Waals surface area contributed by atoms with E-state index in [9.17, 15) is 4.79 Å². The summed E-state index contributed by atoms with van der Waals surface area (Å²) in [4.78, 5) is 15.0. The zero-order valence-electron chi connectivity index (χ0n) is 6.73. The number of aromatic carboxylic acids is 1. The van der Waals surface area contributed by atoms with Gasteiger partial charge in [-0.1, -0.05) is 11.6 Å². The molecule has 0 aromatic carbocycles. The summed E-state index contributed by atoms with van der Waals surface area (Å²) >= 11 is 6.96. The molecule has 0 atom stereocenters. The molecule has 0 unspecified atom stereocenters. The Labute approximate surface area is 87.8 Å². The van der Waals surface area contributed by atoms with Crippen LogP contribution in [0.2, 0.25) is 4.34 Å². The molecular weight excluding hydrogens is 226 g/mol. The lowest BCUT2D eigenvalue weighted by atomic mass is 10.3. The van der Waals surface area contributed by atoms with Crippen LogP contribution < -0.4 is 0 Å². The van der Waals surface area contributed by atoms with Crippen LogP contribution in [0, 0.1) is 0 Å². The second kappa shape index (κ2) is 3.43. The van der Waals surface area contributed by atoms with Crippen molar-refractivity contribution < 1.29 is 14.3 Å². The summed E-state index contributed by atoms with van der Waals surface area (Å²) in [5, 5.41) is 8.77. The highest BCUT2D eigenvalue weighted by molar-refractivity contribution is 7.19. The van der Waals surface area contributed by atoms with Crippen LogP contribution in [0.1, 0.15) is 10.5 Å². The minimum Gasteiger partial charge on any atom is -0.476 e. The van der Waals surface area contributed by atoms with Crippen LogP contribution >= 0.6 is 22.9 Å². The molecule has 6 heteroatoms. The Bertz CT molecular complexity index is 476. The average molecular weight is 230 g/mol. The molecule has 0 aliphatic heterocycles. The quantitative estimate of drug-likeness (QED) is 0.860. The predicted octanol–water partition coefficient (Wildman–Crippen LogP) is 2.75. The lowest BCUT2D eigenvalue weighted by Gasteiger charge is -1.91. The molecule has 14 heavy (non-hydrogen) atoms. The van der Waals surface area contributed by atoms with E-state index in [2.05, 4.69) is 4.98 Å². The molecule has 2 aromatic heterocycles. The summed E-state index contributed by atoms with van der Waals surface area (Å²) in [6.07, 6.45) is 1.10. The molecule has 1 N–H and O–H groups in total. The number of aromatic nitrogens is 1. The first-order valence-electron chi connectivity index (χ1n) is 3.61. The third-order valence-electron chi connectivity index (χ3n) is 1.57. The van der Waals surface area contributed by atoms with Gasteiger partial charge in [-0.05, 0) is 12.1 Å². The van der Waals surface area contributed by atoms with Crippen molar-refractivity contribution in [2.45, 2.75) is 0 Å². The zero-order chi connectivity index (χ0) is 10.1. The molecule has 4 nitrogen and oxygen atoms in total. The van der Waals surface area contributed by atoms with Crippen molar-refractivity contribution in [3.63, 3.8) is 0 Å². The van der Waals surface area contributed by atoms with E-state index < -0.39 is 5.97 Å². The van der Waals surface area contributed by atoms with Gasteiger partial charge in [-0.25, -0.2) is 9.78 Å². The Morgan fingerprint density at radius 2 is 2.36 bits per heavy atom. The summed E-state index contributed by atoms with van der Waals surface area (Å²) in [6, 6.07) is 3.37. The Morgan fingerprint density at radius 1 is 1.57 bits per heavy atom. The van der Waals surface area contributed by atoms with E-state index in [4.69, 9.17) is 21.1 Å². The highest BCUT2D eigenvalue weighted by atomic mass is 35.5. The average Bonchev–Trinajstić information content (AvgIpc) is 2.70. The fourth-order valence-corrected chi connectivity index (χ4v) is 2.04. The summed E-state index contributed by atoms with van der Waals surface area (Å²) in [6.45, 7) is 0. The predicted molar refractivity (Wildman–Crippen MR) is 51.8 cm³/mol. The monoisotopic (exact) mass is 229 g/mol. The van der Waals surface area contributed by atoms with Gasteiger partial charge in [0.05, 0.1) is 9.21 Å². The summed E-state index contributed by atoms with van der Waals surface area (Å²) in [7, 11) is 0. The molecule has 0 aliphatic carbocycles. The normalized spacial score (nSPS) is 10.4. The van der Waals surface area contributed by atoms with Gasteiger partial charge in [0.25, 0.3) is 0 Å². The van der Waals surface area contributed by atoms with Crippen molar-refractivity contribution >= 4 is 28.9 Å². The maximum Gasteiger partial charge on any atom is 0.358 e. The zero-order valence-corrected chi connectivity index (χ0v) is 8.30. The smallest absolute Gasteiger partial charge is 0.358 e. The SMILES string of the molecule is O=C(O)c1ncoc1-c1ccc(Cl)s1. The first-order valence-corrected chi connectivity index (χ1v) is 4.80. The molecule has 0 spiro atoms. The highest BCUT2D eigenvalue weighted by Crippen LogP contribution is 2.32. The third-order valence-corrected chi connectivity index (χ3v) is 2.80. The first kappa shape index (κ1) is 9.23. The molecule has 0 saturated carbocycles. The summed E-state index contributed by atoms with van der Waals surface area (Å²) in [5.74, 6) is -0.868. The van der Waals surface area contributed by atoms with Gasteiger partial charge in [-0.3, -0.25) is 0 Å². The highest BCUT2D eigenvalue weighted by Gasteiger charge is 2.18. The van der Waals surface area contributed by atoms with Gasteiger partial charge in [0, 0.05) is 0 Å². The second-order valence-electron chi connectivity index (χ2n) is 2.44. The van der Waals surface area contributed by atoms with Crippen LogP contribution in [-0.2, 0) is 0 Å². The van der Waals surface area contributed by atoms with Crippen molar-refractivity contribution in [3.8, 4) is 10.6 Å². The first-order chi connectivity index (χ1) is 6.68. The van der Waals surface area contributed by atoms with Gasteiger partial charge in [-0.2, -0.15) is 0 Å². The van der Waals surface area contributed by atoms with E-state index in [1.54, 1.807) is 12.1 Å². The van der Waals surface area contributed by atoms with Crippen LogP contribution in [0.3, 0.4) is 0 Å². The van der Waals surface area contributed by atoms with Gasteiger partial charge < -0.3 is 9.52 Å². The standard InChI is InChI=1S/C8H4ClNO3S/c9-5-2-1-4(14-5)7-6(8(11)12)10-3-13-7/h1-3H,(H,11,12). The maximum absolute atomic E-state index is 10.7. The van der Waals surface area contributed by atoms with E-state index in [-0.39, 0.29) is 11.5 Å². The van der Waals surface area contributed by atoms with E-state index in [0.29, 0.717) is 9.21 Å². The third kappa shape index (κ3) is 1.51. The number of oxazole rings is 1. The topological polar surface area (TPSA) is 63.3 Å². The number of carboxylic acids is 1. The number of hydrogen-bond acceptors (Lipinski definition) is 4. The van der Waals surface area contributed by atoms with Crippen LogP contribution in [-0.4, -0.2) is 16.1 Å². The van der Waals surface area contributed by atoms with Gasteiger partial charge in [0.15, 0.2) is 17.8 Å². The number of nitrogens with zero attached hydrogens (tertiary/aromatic N) is 1. The number of hydrogen-bond donors (Lipinski definition) is 1.